The molecule has 2 aliphatic heterocycles. The summed E-state index contributed by atoms with van der Waals surface area (Å²) in [7, 11) is 0. The quantitative estimate of drug-likeness (QED) is 0.0753. The smallest absolute Gasteiger partial charge is 0.327 e. The van der Waals surface area contributed by atoms with Crippen LogP contribution in [-0.4, -0.2) is 127 Å². The van der Waals surface area contributed by atoms with Crippen LogP contribution in [0.5, 0.6) is 0 Å². The van der Waals surface area contributed by atoms with Crippen molar-refractivity contribution in [2.24, 2.45) is 97.6 Å². The molecule has 14 aliphatic carbocycles. The van der Waals surface area contributed by atoms with Crippen LogP contribution in [0.15, 0.2) is 0 Å². The van der Waals surface area contributed by atoms with Gasteiger partial charge in [0.15, 0.2) is 5.41 Å². The second-order valence-corrected chi connectivity index (χ2v) is 41.3. The number of ether oxygens (including phenoxy) is 8. The number of aliphatic hydroxyl groups is 3. The average Bonchev–Trinajstić information content (AvgIpc) is 1.69. The van der Waals surface area contributed by atoms with Crippen molar-refractivity contribution >= 4 is 47.8 Å². The summed E-state index contributed by atoms with van der Waals surface area (Å²) in [5.74, 6) is 2.14. The van der Waals surface area contributed by atoms with Gasteiger partial charge >= 0.3 is 47.8 Å². The van der Waals surface area contributed by atoms with Crippen molar-refractivity contribution in [2.45, 2.75) is 408 Å². The minimum atomic E-state index is -0.974. The van der Waals surface area contributed by atoms with Crippen LogP contribution in [0.2, 0.25) is 0 Å². The number of hydrogen-bond donors (Lipinski definition) is 3. The van der Waals surface area contributed by atoms with Gasteiger partial charge in [-0.1, -0.05) is 75.2 Å². The zero-order valence-electron chi connectivity index (χ0n) is 70.9. The molecule has 20 heteroatoms. The number of rotatable bonds is 20. The lowest BCUT2D eigenvalue weighted by atomic mass is 9.50. The minimum absolute atomic E-state index is 0.0197. The van der Waals surface area contributed by atoms with Gasteiger partial charge in [-0.15, -0.1) is 0 Å². The number of carbonyl (C=O) groups excluding carboxylic acids is 8. The summed E-state index contributed by atoms with van der Waals surface area (Å²) >= 11 is 0. The topological polar surface area (TPSA) is 295 Å². The first-order valence-electron chi connectivity index (χ1n) is 42.8. The Balaban J connectivity index is 0.000000151. The van der Waals surface area contributed by atoms with Crippen molar-refractivity contribution in [3.8, 4) is 6.07 Å². The third kappa shape index (κ3) is 18.8. The van der Waals surface area contributed by atoms with E-state index >= 15 is 0 Å². The molecule has 16 aliphatic rings. The third-order valence-electron chi connectivity index (χ3n) is 30.2. The first-order chi connectivity index (χ1) is 50.5. The second-order valence-electron chi connectivity index (χ2n) is 41.3. The lowest BCUT2D eigenvalue weighted by Gasteiger charge is -2.62. The van der Waals surface area contributed by atoms with Gasteiger partial charge in [0.25, 0.3) is 0 Å². The molecule has 15 unspecified atom stereocenters. The van der Waals surface area contributed by atoms with Crippen molar-refractivity contribution < 1.29 is 91.6 Å². The second kappa shape index (κ2) is 32.4. The predicted octanol–water partition coefficient (Wildman–Crippen LogP) is 16.8. The Labute approximate surface area is 653 Å². The average molecular weight is 1530 g/mol. The van der Waals surface area contributed by atoms with E-state index < -0.39 is 56.1 Å². The molecular formula is C89H143NO19. The van der Waals surface area contributed by atoms with E-state index in [0.29, 0.717) is 68.1 Å². The van der Waals surface area contributed by atoms with E-state index in [1.54, 1.807) is 0 Å². The molecular weight excluding hydrogens is 1390 g/mol. The fourth-order valence-electron chi connectivity index (χ4n) is 21.4. The Morgan fingerprint density at radius 1 is 0.523 bits per heavy atom. The number of nitriles is 1. The SMILES string of the molecule is CCC(C)(C)C(=O)OC(C)(C)C1CCC(C)CC1.CCC(C)(C)C(=O)OC12CC3CC(CC(O)(C3)C1)C2.CCC(C)(C)C(=O)OC12CC3CC(O)(CC(O)(C3)C1)C2.CCC(C)(C)C(=O)OC1C2CC3C1OC(=O)C3(C#N)C2.CCC(C)C(=O)OC1C2CC3C(=O)OC1C3C2.CCC1(OC(=O)C(C)(C)CC)CCCC1. The fraction of sp³-hybridized carbons (Fsp3) is 0.899. The molecule has 618 valence electrons. The van der Waals surface area contributed by atoms with E-state index in [4.69, 9.17) is 37.9 Å². The van der Waals surface area contributed by atoms with Gasteiger partial charge in [-0.05, 0) is 273 Å². The summed E-state index contributed by atoms with van der Waals surface area (Å²) in [6.07, 6.45) is 26.3. The highest BCUT2D eigenvalue weighted by Crippen LogP contribution is 2.64. The van der Waals surface area contributed by atoms with Gasteiger partial charge in [-0.3, -0.25) is 38.4 Å². The number of nitrogens with zero attached hydrogens (tertiary/aromatic N) is 1. The van der Waals surface area contributed by atoms with Gasteiger partial charge in [0.05, 0.1) is 61.8 Å². The summed E-state index contributed by atoms with van der Waals surface area (Å²) in [5, 5.41) is 41.3. The number of fused-ring (bicyclic) bond motifs is 2. The number of hydrogen-bond acceptors (Lipinski definition) is 20. The maximum Gasteiger partial charge on any atom is 0.327 e. The van der Waals surface area contributed by atoms with E-state index in [0.717, 1.165) is 121 Å². The van der Waals surface area contributed by atoms with Crippen molar-refractivity contribution in [1.82, 2.24) is 0 Å². The molecule has 0 amide bonds. The van der Waals surface area contributed by atoms with Crippen LogP contribution in [0.3, 0.4) is 0 Å². The standard InChI is InChI=1S/C16H26O4.C16H26O3.C16H30O2.C15H19NO4.C13H18O4.C13H24O2/c1-4-13(2,3)12(17)20-16-7-11-5-14(18,9-16)8-15(19,6-11)10-16;1-4-14(2,3)13(17)19-16-8-11-5-12(9-16)7-15(18,6-11)10-16;1-7-15(3,4)14(17)18-16(5,6)13-10-8-12(2)9-11-13;1-4-14(2,3)12(17)19-10-8-5-9-11(10)20-13(18)15(9,6-8)7-16;1-3-6(2)12(14)16-10-7-4-8-9(5-7)13(15)17-11(8)10;1-5-12(3,4)11(14)15-13(6-2)9-7-8-10-13/h11,18-19H,4-10H2,1-3H3;11-12,18H,4-10H2,1-3H3;12-13H,7-11H2,1-6H3;8-11H,4-6H2,1-3H3;6-11H,3-5H2,1-2H3;5-10H2,1-4H3. The van der Waals surface area contributed by atoms with Crippen LogP contribution in [0.4, 0.5) is 0 Å². The van der Waals surface area contributed by atoms with Gasteiger partial charge in [0.1, 0.15) is 46.8 Å². The molecule has 20 nitrogen and oxygen atoms in total. The van der Waals surface area contributed by atoms with Crippen LogP contribution in [0.25, 0.3) is 0 Å². The summed E-state index contributed by atoms with van der Waals surface area (Å²) in [5.41, 5.74) is -6.81. The Kier molecular flexibility index (Phi) is 26.2. The predicted molar refractivity (Wildman–Crippen MR) is 411 cm³/mol. The normalized spacial score (nSPS) is 37.8. The maximum absolute atomic E-state index is 12.4. The van der Waals surface area contributed by atoms with E-state index in [1.807, 2.05) is 118 Å². The molecule has 16 fully saturated rings. The van der Waals surface area contributed by atoms with Crippen molar-refractivity contribution in [1.29, 1.82) is 5.26 Å². The maximum atomic E-state index is 12.4. The minimum Gasteiger partial charge on any atom is -0.459 e. The van der Waals surface area contributed by atoms with Gasteiger partial charge in [0.2, 0.25) is 0 Å². The molecule has 2 heterocycles. The summed E-state index contributed by atoms with van der Waals surface area (Å²) in [4.78, 5) is 96.5. The van der Waals surface area contributed by atoms with E-state index in [2.05, 4.69) is 33.8 Å². The first-order valence-corrected chi connectivity index (χ1v) is 42.8. The number of esters is 8. The largest absolute Gasteiger partial charge is 0.459 e. The van der Waals surface area contributed by atoms with Crippen LogP contribution in [-0.2, 0) is 76.3 Å². The van der Waals surface area contributed by atoms with Gasteiger partial charge in [-0.2, -0.15) is 5.26 Å². The summed E-state index contributed by atoms with van der Waals surface area (Å²) < 4.78 is 45.4. The lowest BCUT2D eigenvalue weighted by molar-refractivity contribution is -0.264. The molecule has 12 bridgehead atoms. The molecule has 0 spiro atoms. The molecule has 16 rings (SSSR count). The van der Waals surface area contributed by atoms with Gasteiger partial charge < -0.3 is 53.2 Å². The third-order valence-corrected chi connectivity index (χ3v) is 30.2. The van der Waals surface area contributed by atoms with E-state index in [9.17, 15) is 58.9 Å². The molecule has 0 radical (unpaired) electrons. The summed E-state index contributed by atoms with van der Waals surface area (Å²) in [6, 6.07) is 2.15. The van der Waals surface area contributed by atoms with E-state index in [-0.39, 0.29) is 117 Å². The van der Waals surface area contributed by atoms with Gasteiger partial charge in [0, 0.05) is 49.4 Å². The lowest BCUT2D eigenvalue weighted by Crippen LogP contribution is -2.67. The zero-order chi connectivity index (χ0) is 81.1. The highest BCUT2D eigenvalue weighted by atomic mass is 16.6. The van der Waals surface area contributed by atoms with Crippen LogP contribution >= 0.6 is 0 Å². The molecule has 0 aromatic carbocycles. The van der Waals surface area contributed by atoms with Gasteiger partial charge in [-0.25, -0.2) is 0 Å². The fourth-order valence-corrected chi connectivity index (χ4v) is 21.4. The Bertz CT molecular complexity index is 3310. The van der Waals surface area contributed by atoms with Crippen LogP contribution < -0.4 is 0 Å². The molecule has 15 atom stereocenters. The van der Waals surface area contributed by atoms with E-state index in [1.165, 1.54) is 44.9 Å². The Hall–Kier alpha value is -4.87. The first kappa shape index (κ1) is 88.1. The Morgan fingerprint density at radius 3 is 1.48 bits per heavy atom. The number of carbonyl (C=O) groups is 8. The van der Waals surface area contributed by atoms with Crippen LogP contribution in [0.1, 0.15) is 344 Å². The molecule has 0 aromatic heterocycles. The van der Waals surface area contributed by atoms with Crippen LogP contribution in [0, 0.1) is 109 Å². The molecule has 3 N–H and O–H groups in total. The monoisotopic (exact) mass is 1530 g/mol. The van der Waals surface area contributed by atoms with Crippen molar-refractivity contribution in [3.63, 3.8) is 0 Å². The zero-order valence-corrected chi connectivity index (χ0v) is 70.9. The van der Waals surface area contributed by atoms with Crippen molar-refractivity contribution in [3.05, 3.63) is 0 Å². The molecule has 109 heavy (non-hydrogen) atoms. The molecule has 2 saturated heterocycles. The Morgan fingerprint density at radius 2 is 0.991 bits per heavy atom. The highest BCUT2D eigenvalue weighted by Gasteiger charge is 2.73. The van der Waals surface area contributed by atoms with Crippen molar-refractivity contribution in [2.75, 3.05) is 0 Å². The molecule has 14 saturated carbocycles. The summed E-state index contributed by atoms with van der Waals surface area (Å²) in [6.45, 7) is 41.7. The molecule has 0 aromatic rings. The highest BCUT2D eigenvalue weighted by molar-refractivity contribution is 5.85.